The standard InChI is InChI=1S/C19H26N2O4/c22-15(14-25-16-9-5-4-6-10-16)13-21-17(23)19(20-18(21)24)11-7-2-1-3-8-12-19/h4-6,9-10,15,22H,1-3,7-8,11-14H2,(H,20,24). The van der Waals surface area contributed by atoms with Crippen LogP contribution in [-0.4, -0.2) is 46.7 Å². The molecule has 1 saturated carbocycles. The van der Waals surface area contributed by atoms with Gasteiger partial charge < -0.3 is 15.2 Å². The van der Waals surface area contributed by atoms with Gasteiger partial charge >= 0.3 is 6.03 Å². The number of ether oxygens (including phenoxy) is 1. The average molecular weight is 346 g/mol. The Labute approximate surface area is 148 Å². The lowest BCUT2D eigenvalue weighted by Gasteiger charge is -2.28. The maximum Gasteiger partial charge on any atom is 0.325 e. The Morgan fingerprint density at radius 3 is 2.40 bits per heavy atom. The van der Waals surface area contributed by atoms with Crippen LogP contribution < -0.4 is 10.1 Å². The summed E-state index contributed by atoms with van der Waals surface area (Å²) in [6, 6.07) is 8.76. The Morgan fingerprint density at radius 2 is 1.72 bits per heavy atom. The Balaban J connectivity index is 1.58. The van der Waals surface area contributed by atoms with Crippen molar-refractivity contribution in [2.75, 3.05) is 13.2 Å². The second kappa shape index (κ2) is 7.87. The van der Waals surface area contributed by atoms with E-state index in [0.29, 0.717) is 18.6 Å². The van der Waals surface area contributed by atoms with E-state index in [1.165, 1.54) is 6.42 Å². The molecule has 2 N–H and O–H groups in total. The Hall–Kier alpha value is -2.08. The van der Waals surface area contributed by atoms with Crippen LogP contribution in [0, 0.1) is 0 Å². The number of para-hydroxylation sites is 1. The molecule has 136 valence electrons. The molecular weight excluding hydrogens is 320 g/mol. The molecule has 0 bridgehead atoms. The first-order valence-electron chi connectivity index (χ1n) is 9.11. The van der Waals surface area contributed by atoms with Gasteiger partial charge in [-0.2, -0.15) is 0 Å². The molecule has 6 heteroatoms. The normalized spacial score (nSPS) is 21.6. The molecule has 1 spiro atoms. The van der Waals surface area contributed by atoms with Gasteiger partial charge in [-0.3, -0.25) is 9.69 Å². The number of rotatable bonds is 5. The minimum Gasteiger partial charge on any atom is -0.491 e. The van der Waals surface area contributed by atoms with Crippen LogP contribution in [0.2, 0.25) is 0 Å². The number of aliphatic hydroxyl groups is 1. The van der Waals surface area contributed by atoms with Gasteiger partial charge in [0.05, 0.1) is 6.54 Å². The molecule has 1 heterocycles. The third kappa shape index (κ3) is 4.12. The van der Waals surface area contributed by atoms with E-state index in [4.69, 9.17) is 4.74 Å². The van der Waals surface area contributed by atoms with Gasteiger partial charge in [0, 0.05) is 0 Å². The van der Waals surface area contributed by atoms with Crippen molar-refractivity contribution in [2.45, 2.75) is 56.6 Å². The van der Waals surface area contributed by atoms with E-state index in [0.717, 1.165) is 30.6 Å². The predicted octanol–water partition coefficient (Wildman–Crippen LogP) is 2.46. The van der Waals surface area contributed by atoms with Crippen molar-refractivity contribution in [3.63, 3.8) is 0 Å². The Bertz CT molecular complexity index is 597. The van der Waals surface area contributed by atoms with Crippen molar-refractivity contribution in [3.8, 4) is 5.75 Å². The highest BCUT2D eigenvalue weighted by Gasteiger charge is 2.50. The molecule has 1 aromatic carbocycles. The molecular formula is C19H26N2O4. The zero-order valence-corrected chi connectivity index (χ0v) is 14.4. The van der Waals surface area contributed by atoms with Gasteiger partial charge in [-0.15, -0.1) is 0 Å². The number of carbonyl (C=O) groups excluding carboxylic acids is 2. The van der Waals surface area contributed by atoms with Crippen molar-refractivity contribution in [2.24, 2.45) is 0 Å². The van der Waals surface area contributed by atoms with Crippen LogP contribution in [0.1, 0.15) is 44.9 Å². The molecule has 1 aromatic rings. The number of imide groups is 1. The van der Waals surface area contributed by atoms with Gasteiger partial charge in [-0.1, -0.05) is 50.3 Å². The highest BCUT2D eigenvalue weighted by atomic mass is 16.5. The minimum absolute atomic E-state index is 0.0358. The maximum atomic E-state index is 12.9. The fourth-order valence-corrected chi connectivity index (χ4v) is 3.66. The summed E-state index contributed by atoms with van der Waals surface area (Å²) < 4.78 is 5.50. The summed E-state index contributed by atoms with van der Waals surface area (Å²) in [6.07, 6.45) is 5.72. The van der Waals surface area contributed by atoms with Crippen LogP contribution in [0.15, 0.2) is 30.3 Å². The number of β-amino-alcohol motifs (C(OH)–C–C–N with tert-alkyl or cyclic N) is 1. The Kier molecular flexibility index (Phi) is 5.58. The molecule has 1 saturated heterocycles. The molecule has 0 radical (unpaired) electrons. The number of benzene rings is 1. The topological polar surface area (TPSA) is 78.9 Å². The van der Waals surface area contributed by atoms with Crippen LogP contribution >= 0.6 is 0 Å². The minimum atomic E-state index is -0.918. The molecule has 3 rings (SSSR count). The summed E-state index contributed by atoms with van der Waals surface area (Å²) in [5.41, 5.74) is -0.766. The van der Waals surface area contributed by atoms with Crippen molar-refractivity contribution in [1.82, 2.24) is 10.2 Å². The third-order valence-electron chi connectivity index (χ3n) is 5.03. The largest absolute Gasteiger partial charge is 0.491 e. The average Bonchev–Trinajstić information content (AvgIpc) is 2.82. The number of hydrogen-bond donors (Lipinski definition) is 2. The summed E-state index contributed by atoms with van der Waals surface area (Å²) >= 11 is 0. The third-order valence-corrected chi connectivity index (χ3v) is 5.03. The summed E-state index contributed by atoms with van der Waals surface area (Å²) in [4.78, 5) is 26.3. The molecule has 1 aliphatic heterocycles. The van der Waals surface area contributed by atoms with Gasteiger partial charge in [0.2, 0.25) is 0 Å². The number of nitrogens with zero attached hydrogens (tertiary/aromatic N) is 1. The molecule has 1 unspecified atom stereocenters. The maximum absolute atomic E-state index is 12.9. The van der Waals surface area contributed by atoms with Crippen LogP contribution in [0.3, 0.4) is 0 Å². The van der Waals surface area contributed by atoms with Gasteiger partial charge in [0.25, 0.3) is 5.91 Å². The first-order chi connectivity index (χ1) is 12.1. The smallest absolute Gasteiger partial charge is 0.325 e. The fourth-order valence-electron chi connectivity index (χ4n) is 3.66. The second-order valence-electron chi connectivity index (χ2n) is 6.97. The summed E-state index contributed by atoms with van der Waals surface area (Å²) in [5.74, 6) is 0.452. The van der Waals surface area contributed by atoms with E-state index in [-0.39, 0.29) is 19.1 Å². The van der Waals surface area contributed by atoms with Crippen LogP contribution in [0.25, 0.3) is 0 Å². The lowest BCUT2D eigenvalue weighted by molar-refractivity contribution is -0.133. The number of amides is 3. The summed E-state index contributed by atoms with van der Waals surface area (Å²) in [5, 5.41) is 13.1. The predicted molar refractivity (Wildman–Crippen MR) is 93.2 cm³/mol. The van der Waals surface area contributed by atoms with Gasteiger partial charge in [-0.05, 0) is 25.0 Å². The monoisotopic (exact) mass is 346 g/mol. The quantitative estimate of drug-likeness (QED) is 0.803. The number of nitrogens with one attached hydrogen (secondary N) is 1. The Morgan fingerprint density at radius 1 is 1.08 bits per heavy atom. The number of hydrogen-bond acceptors (Lipinski definition) is 4. The first-order valence-corrected chi connectivity index (χ1v) is 9.11. The molecule has 1 aliphatic carbocycles. The van der Waals surface area contributed by atoms with Gasteiger partial charge in [-0.25, -0.2) is 4.79 Å². The highest BCUT2D eigenvalue weighted by molar-refractivity contribution is 6.07. The number of aliphatic hydroxyl groups excluding tert-OH is 1. The number of urea groups is 1. The van der Waals surface area contributed by atoms with E-state index in [1.54, 1.807) is 12.1 Å². The second-order valence-corrected chi connectivity index (χ2v) is 6.97. The van der Waals surface area contributed by atoms with Crippen molar-refractivity contribution in [1.29, 1.82) is 0 Å². The van der Waals surface area contributed by atoms with E-state index in [2.05, 4.69) is 5.32 Å². The number of carbonyl (C=O) groups is 2. The van der Waals surface area contributed by atoms with Gasteiger partial charge in [0.1, 0.15) is 24.0 Å². The first kappa shape index (κ1) is 17.7. The highest BCUT2D eigenvalue weighted by Crippen LogP contribution is 2.32. The van der Waals surface area contributed by atoms with E-state index in [9.17, 15) is 14.7 Å². The van der Waals surface area contributed by atoms with Gasteiger partial charge in [0.15, 0.2) is 0 Å². The van der Waals surface area contributed by atoms with Crippen LogP contribution in [-0.2, 0) is 4.79 Å². The van der Waals surface area contributed by atoms with Crippen LogP contribution in [0.5, 0.6) is 5.75 Å². The molecule has 3 amide bonds. The molecule has 25 heavy (non-hydrogen) atoms. The van der Waals surface area contributed by atoms with Crippen molar-refractivity contribution < 1.29 is 19.4 Å². The molecule has 1 atom stereocenters. The molecule has 2 fully saturated rings. The SMILES string of the molecule is O=C1NC2(CCCCCCC2)C(=O)N1CC(O)COc1ccccc1. The van der Waals surface area contributed by atoms with Crippen LogP contribution in [0.4, 0.5) is 4.79 Å². The molecule has 6 nitrogen and oxygen atoms in total. The zero-order valence-electron chi connectivity index (χ0n) is 14.4. The van der Waals surface area contributed by atoms with Crippen molar-refractivity contribution >= 4 is 11.9 Å². The molecule has 0 aromatic heterocycles. The zero-order chi connectivity index (χ0) is 17.7. The van der Waals surface area contributed by atoms with Crippen molar-refractivity contribution in [3.05, 3.63) is 30.3 Å². The lowest BCUT2D eigenvalue weighted by atomic mass is 9.84. The summed E-state index contributed by atoms with van der Waals surface area (Å²) in [7, 11) is 0. The van der Waals surface area contributed by atoms with E-state index >= 15 is 0 Å². The van der Waals surface area contributed by atoms with E-state index < -0.39 is 17.7 Å². The lowest BCUT2D eigenvalue weighted by Crippen LogP contribution is -2.48. The van der Waals surface area contributed by atoms with E-state index in [1.807, 2.05) is 18.2 Å². The molecule has 2 aliphatic rings. The fraction of sp³-hybridized carbons (Fsp3) is 0.579. The summed E-state index contributed by atoms with van der Waals surface area (Å²) in [6.45, 7) is -0.00662.